The van der Waals surface area contributed by atoms with Gasteiger partial charge in [-0.15, -0.1) is 0 Å². The molecule has 1 fully saturated rings. The fourth-order valence-corrected chi connectivity index (χ4v) is 2.12. The standard InChI is InChI=1S/C14H15N3O4/c1-8-12(17(19)20)5-10(6-13(8)21-2)14(18)16-11(7-15)9-3-4-9/h5-6,9,11H,3-4H2,1-2H3,(H,16,18). The molecular formula is C14H15N3O4. The first-order valence-corrected chi connectivity index (χ1v) is 6.51. The molecular weight excluding hydrogens is 274 g/mol. The van der Waals surface area contributed by atoms with E-state index in [1.54, 1.807) is 6.92 Å². The van der Waals surface area contributed by atoms with Crippen LogP contribution in [0.15, 0.2) is 12.1 Å². The SMILES string of the molecule is COc1cc(C(=O)NC(C#N)C2CC2)cc([N+](=O)[O-])c1C. The Morgan fingerprint density at radius 2 is 2.24 bits per heavy atom. The normalized spacial score (nSPS) is 14.9. The van der Waals surface area contributed by atoms with E-state index in [2.05, 4.69) is 5.32 Å². The van der Waals surface area contributed by atoms with Gasteiger partial charge < -0.3 is 10.1 Å². The third-order valence-electron chi connectivity index (χ3n) is 3.53. The molecule has 1 unspecified atom stereocenters. The molecule has 110 valence electrons. The van der Waals surface area contributed by atoms with Gasteiger partial charge in [-0.05, 0) is 31.7 Å². The van der Waals surface area contributed by atoms with E-state index in [0.717, 1.165) is 12.8 Å². The summed E-state index contributed by atoms with van der Waals surface area (Å²) in [5.41, 5.74) is 0.294. The van der Waals surface area contributed by atoms with E-state index in [-0.39, 0.29) is 22.9 Å². The van der Waals surface area contributed by atoms with Gasteiger partial charge in [0.15, 0.2) is 0 Å². The number of rotatable bonds is 5. The second kappa shape index (κ2) is 5.79. The first-order chi connectivity index (χ1) is 9.97. The molecule has 1 aromatic carbocycles. The van der Waals surface area contributed by atoms with Gasteiger partial charge in [0.25, 0.3) is 11.6 Å². The van der Waals surface area contributed by atoms with Crippen molar-refractivity contribution in [2.45, 2.75) is 25.8 Å². The number of benzene rings is 1. The summed E-state index contributed by atoms with van der Waals surface area (Å²) in [4.78, 5) is 22.6. The Labute approximate surface area is 121 Å². The molecule has 0 bridgehead atoms. The number of ether oxygens (including phenoxy) is 1. The van der Waals surface area contributed by atoms with Crippen molar-refractivity contribution in [2.75, 3.05) is 7.11 Å². The maximum atomic E-state index is 12.2. The van der Waals surface area contributed by atoms with Gasteiger partial charge in [0.05, 0.1) is 23.7 Å². The predicted molar refractivity (Wildman–Crippen MR) is 74.0 cm³/mol. The number of carbonyl (C=O) groups excluding carboxylic acids is 1. The fraction of sp³-hybridized carbons (Fsp3) is 0.429. The molecule has 1 saturated carbocycles. The molecule has 7 nitrogen and oxygen atoms in total. The van der Waals surface area contributed by atoms with E-state index >= 15 is 0 Å². The monoisotopic (exact) mass is 289 g/mol. The molecule has 1 N–H and O–H groups in total. The van der Waals surface area contributed by atoms with Gasteiger partial charge in [-0.2, -0.15) is 5.26 Å². The van der Waals surface area contributed by atoms with Crippen LogP contribution in [0, 0.1) is 34.3 Å². The lowest BCUT2D eigenvalue weighted by atomic mass is 10.1. The Balaban J connectivity index is 2.30. The molecule has 1 aliphatic carbocycles. The summed E-state index contributed by atoms with van der Waals surface area (Å²) < 4.78 is 5.07. The van der Waals surface area contributed by atoms with Crippen molar-refractivity contribution >= 4 is 11.6 Å². The number of hydrogen-bond acceptors (Lipinski definition) is 5. The molecule has 1 aromatic rings. The van der Waals surface area contributed by atoms with E-state index in [1.807, 2.05) is 6.07 Å². The number of methoxy groups -OCH3 is 1. The van der Waals surface area contributed by atoms with Gasteiger partial charge >= 0.3 is 0 Å². The molecule has 21 heavy (non-hydrogen) atoms. The first-order valence-electron chi connectivity index (χ1n) is 6.51. The minimum atomic E-state index is -0.558. The summed E-state index contributed by atoms with van der Waals surface area (Å²) >= 11 is 0. The maximum Gasteiger partial charge on any atom is 0.276 e. The fourth-order valence-electron chi connectivity index (χ4n) is 2.12. The summed E-state index contributed by atoms with van der Waals surface area (Å²) in [7, 11) is 1.38. The summed E-state index contributed by atoms with van der Waals surface area (Å²) in [6.45, 7) is 1.56. The Bertz CT molecular complexity index is 632. The quantitative estimate of drug-likeness (QED) is 0.658. The van der Waals surface area contributed by atoms with Crippen LogP contribution in [0.25, 0.3) is 0 Å². The lowest BCUT2D eigenvalue weighted by Gasteiger charge is -2.12. The molecule has 2 rings (SSSR count). The second-order valence-corrected chi connectivity index (χ2v) is 5.00. The van der Waals surface area contributed by atoms with E-state index in [0.29, 0.717) is 5.56 Å². The molecule has 0 heterocycles. The number of nitro groups is 1. The lowest BCUT2D eigenvalue weighted by Crippen LogP contribution is -2.35. The van der Waals surface area contributed by atoms with Gasteiger partial charge in [0, 0.05) is 11.6 Å². The van der Waals surface area contributed by atoms with Crippen LogP contribution in [0.3, 0.4) is 0 Å². The summed E-state index contributed by atoms with van der Waals surface area (Å²) in [6, 6.07) is 4.14. The summed E-state index contributed by atoms with van der Waals surface area (Å²) in [6.07, 6.45) is 1.83. The van der Waals surface area contributed by atoms with Crippen LogP contribution in [0.4, 0.5) is 5.69 Å². The van der Waals surface area contributed by atoms with Gasteiger partial charge in [0.2, 0.25) is 0 Å². The highest BCUT2D eigenvalue weighted by molar-refractivity contribution is 5.96. The first kappa shape index (κ1) is 14.8. The second-order valence-electron chi connectivity index (χ2n) is 5.00. The smallest absolute Gasteiger partial charge is 0.276 e. The minimum Gasteiger partial charge on any atom is -0.496 e. The molecule has 7 heteroatoms. The minimum absolute atomic E-state index is 0.116. The van der Waals surface area contributed by atoms with Crippen molar-refractivity contribution in [3.05, 3.63) is 33.4 Å². The average molecular weight is 289 g/mol. The highest BCUT2D eigenvalue weighted by atomic mass is 16.6. The van der Waals surface area contributed by atoms with Gasteiger partial charge in [-0.3, -0.25) is 14.9 Å². The van der Waals surface area contributed by atoms with Crippen LogP contribution < -0.4 is 10.1 Å². The molecule has 0 radical (unpaired) electrons. The van der Waals surface area contributed by atoms with E-state index in [4.69, 9.17) is 10.00 Å². The number of carbonyl (C=O) groups is 1. The largest absolute Gasteiger partial charge is 0.496 e. The third-order valence-corrected chi connectivity index (χ3v) is 3.53. The highest BCUT2D eigenvalue weighted by Crippen LogP contribution is 2.33. The van der Waals surface area contributed by atoms with E-state index in [1.165, 1.54) is 19.2 Å². The molecule has 0 saturated heterocycles. The molecule has 1 amide bonds. The van der Waals surface area contributed by atoms with Gasteiger partial charge in [0.1, 0.15) is 11.8 Å². The molecule has 0 aliphatic heterocycles. The van der Waals surface area contributed by atoms with Crippen LogP contribution >= 0.6 is 0 Å². The van der Waals surface area contributed by atoms with Crippen LogP contribution in [-0.4, -0.2) is 24.0 Å². The number of nitriles is 1. The predicted octanol–water partition coefficient (Wildman–Crippen LogP) is 1.94. The van der Waals surface area contributed by atoms with Crippen LogP contribution in [0.1, 0.15) is 28.8 Å². The van der Waals surface area contributed by atoms with E-state index in [9.17, 15) is 14.9 Å². The summed E-state index contributed by atoms with van der Waals surface area (Å²) in [5, 5.41) is 22.7. The topological polar surface area (TPSA) is 105 Å². The van der Waals surface area contributed by atoms with Gasteiger partial charge in [-0.1, -0.05) is 0 Å². The van der Waals surface area contributed by atoms with Crippen LogP contribution in [-0.2, 0) is 0 Å². The number of hydrogen-bond donors (Lipinski definition) is 1. The molecule has 1 aliphatic rings. The van der Waals surface area contributed by atoms with Crippen LogP contribution in [0.2, 0.25) is 0 Å². The van der Waals surface area contributed by atoms with Crippen molar-refractivity contribution in [3.63, 3.8) is 0 Å². The van der Waals surface area contributed by atoms with Crippen molar-refractivity contribution in [3.8, 4) is 11.8 Å². The number of nitrogens with one attached hydrogen (secondary N) is 1. The summed E-state index contributed by atoms with van der Waals surface area (Å²) in [5.74, 6) is -0.0505. The number of nitrogens with zero attached hydrogens (tertiary/aromatic N) is 2. The van der Waals surface area contributed by atoms with Crippen molar-refractivity contribution in [1.29, 1.82) is 5.26 Å². The lowest BCUT2D eigenvalue weighted by molar-refractivity contribution is -0.385. The Morgan fingerprint density at radius 3 is 2.71 bits per heavy atom. The Morgan fingerprint density at radius 1 is 1.57 bits per heavy atom. The van der Waals surface area contributed by atoms with Crippen LogP contribution in [0.5, 0.6) is 5.75 Å². The zero-order valence-electron chi connectivity index (χ0n) is 11.8. The molecule has 0 spiro atoms. The average Bonchev–Trinajstić information content (AvgIpc) is 3.28. The molecule has 1 atom stereocenters. The number of amides is 1. The Kier molecular flexibility index (Phi) is 4.08. The zero-order chi connectivity index (χ0) is 15.6. The molecule has 0 aromatic heterocycles. The Hall–Kier alpha value is -2.62. The highest BCUT2D eigenvalue weighted by Gasteiger charge is 2.33. The van der Waals surface area contributed by atoms with Crippen molar-refractivity contribution in [2.24, 2.45) is 5.92 Å². The van der Waals surface area contributed by atoms with E-state index < -0.39 is 16.9 Å². The maximum absolute atomic E-state index is 12.2. The van der Waals surface area contributed by atoms with Crippen molar-refractivity contribution in [1.82, 2.24) is 5.32 Å². The van der Waals surface area contributed by atoms with Crippen molar-refractivity contribution < 1.29 is 14.5 Å². The van der Waals surface area contributed by atoms with Gasteiger partial charge in [-0.25, -0.2) is 0 Å². The third kappa shape index (κ3) is 3.11. The number of nitro benzene ring substituents is 1. The zero-order valence-corrected chi connectivity index (χ0v) is 11.8.